The zero-order valence-electron chi connectivity index (χ0n) is 13.8. The number of halogens is 2. The Kier molecular flexibility index (Phi) is 6.39. The molecule has 24 heavy (non-hydrogen) atoms. The van der Waals surface area contributed by atoms with E-state index in [1.165, 1.54) is 0 Å². The quantitative estimate of drug-likeness (QED) is 0.769. The second-order valence-electron chi connectivity index (χ2n) is 5.99. The number of carbonyl (C=O) groups is 1. The van der Waals surface area contributed by atoms with Gasteiger partial charge in [-0.25, -0.2) is 8.42 Å². The predicted octanol–water partition coefficient (Wildman–Crippen LogP) is 3.55. The van der Waals surface area contributed by atoms with E-state index in [2.05, 4.69) is 0 Å². The number of carbonyl (C=O) groups excluding carboxylic acids is 1. The molecule has 5 nitrogen and oxygen atoms in total. The standard InChI is InChI=1S/C16H22Cl2N2O3S/c1-3-12-7-4-5-10-19(12)15(21)11-20(24(2,22)23)14-9-6-8-13(17)16(14)18/h6,8-9,12H,3-5,7,10-11H2,1-2H3. The van der Waals surface area contributed by atoms with Gasteiger partial charge in [0, 0.05) is 12.6 Å². The van der Waals surface area contributed by atoms with Gasteiger partial charge < -0.3 is 4.90 Å². The topological polar surface area (TPSA) is 57.7 Å². The Morgan fingerprint density at radius 2 is 2.04 bits per heavy atom. The summed E-state index contributed by atoms with van der Waals surface area (Å²) in [6.45, 7) is 2.44. The Labute approximate surface area is 153 Å². The number of benzene rings is 1. The summed E-state index contributed by atoms with van der Waals surface area (Å²) in [6, 6.07) is 4.91. The van der Waals surface area contributed by atoms with Crippen LogP contribution in [-0.2, 0) is 14.8 Å². The molecule has 1 saturated heterocycles. The highest BCUT2D eigenvalue weighted by Gasteiger charge is 2.30. The molecular formula is C16H22Cl2N2O3S. The smallest absolute Gasteiger partial charge is 0.243 e. The summed E-state index contributed by atoms with van der Waals surface area (Å²) < 4.78 is 25.5. The molecule has 1 amide bonds. The number of rotatable bonds is 5. The van der Waals surface area contributed by atoms with Crippen molar-refractivity contribution in [3.8, 4) is 0 Å². The second kappa shape index (κ2) is 7.93. The van der Waals surface area contributed by atoms with Gasteiger partial charge in [0.15, 0.2) is 0 Å². The number of anilines is 1. The lowest BCUT2D eigenvalue weighted by atomic mass is 10.00. The molecule has 1 aromatic carbocycles. The van der Waals surface area contributed by atoms with Crippen molar-refractivity contribution in [3.63, 3.8) is 0 Å². The van der Waals surface area contributed by atoms with E-state index >= 15 is 0 Å². The summed E-state index contributed by atoms with van der Waals surface area (Å²) >= 11 is 12.1. The lowest BCUT2D eigenvalue weighted by molar-refractivity contribution is -0.133. The Bertz CT molecular complexity index is 709. The van der Waals surface area contributed by atoms with Crippen LogP contribution in [0.1, 0.15) is 32.6 Å². The fourth-order valence-electron chi connectivity index (χ4n) is 3.03. The number of sulfonamides is 1. The zero-order valence-corrected chi connectivity index (χ0v) is 16.2. The first kappa shape index (κ1) is 19.3. The molecule has 1 aromatic rings. The van der Waals surface area contributed by atoms with Crippen LogP contribution in [0.15, 0.2) is 18.2 Å². The monoisotopic (exact) mass is 392 g/mol. The maximum Gasteiger partial charge on any atom is 0.243 e. The molecule has 1 aliphatic heterocycles. The summed E-state index contributed by atoms with van der Waals surface area (Å²) in [4.78, 5) is 14.5. The van der Waals surface area contributed by atoms with E-state index in [9.17, 15) is 13.2 Å². The van der Waals surface area contributed by atoms with Crippen molar-refractivity contribution < 1.29 is 13.2 Å². The van der Waals surface area contributed by atoms with Crippen LogP contribution >= 0.6 is 23.2 Å². The molecule has 0 bridgehead atoms. The van der Waals surface area contributed by atoms with E-state index in [0.29, 0.717) is 6.54 Å². The van der Waals surface area contributed by atoms with Gasteiger partial charge in [-0.3, -0.25) is 9.10 Å². The molecule has 1 unspecified atom stereocenters. The van der Waals surface area contributed by atoms with E-state index in [4.69, 9.17) is 23.2 Å². The van der Waals surface area contributed by atoms with Crippen molar-refractivity contribution in [2.24, 2.45) is 0 Å². The van der Waals surface area contributed by atoms with E-state index < -0.39 is 10.0 Å². The predicted molar refractivity (Wildman–Crippen MR) is 98.3 cm³/mol. The van der Waals surface area contributed by atoms with Crippen molar-refractivity contribution in [1.82, 2.24) is 4.90 Å². The third kappa shape index (κ3) is 4.35. The third-order valence-electron chi connectivity index (χ3n) is 4.30. The van der Waals surface area contributed by atoms with E-state index in [1.54, 1.807) is 23.1 Å². The first-order valence-corrected chi connectivity index (χ1v) is 10.6. The van der Waals surface area contributed by atoms with Crippen LogP contribution in [0.2, 0.25) is 10.0 Å². The normalized spacial score (nSPS) is 18.5. The van der Waals surface area contributed by atoms with E-state index in [-0.39, 0.29) is 34.2 Å². The minimum Gasteiger partial charge on any atom is -0.338 e. The first-order chi connectivity index (χ1) is 11.3. The van der Waals surface area contributed by atoms with Gasteiger partial charge in [-0.2, -0.15) is 0 Å². The van der Waals surface area contributed by atoms with Crippen molar-refractivity contribution in [3.05, 3.63) is 28.2 Å². The van der Waals surface area contributed by atoms with E-state index in [1.807, 2.05) is 6.92 Å². The lowest BCUT2D eigenvalue weighted by Crippen LogP contribution is -2.49. The van der Waals surface area contributed by atoms with Crippen LogP contribution in [0.4, 0.5) is 5.69 Å². The lowest BCUT2D eigenvalue weighted by Gasteiger charge is -2.36. The largest absolute Gasteiger partial charge is 0.338 e. The van der Waals surface area contributed by atoms with Gasteiger partial charge in [0.1, 0.15) is 6.54 Å². The van der Waals surface area contributed by atoms with Crippen LogP contribution in [0.5, 0.6) is 0 Å². The van der Waals surface area contributed by atoms with Gasteiger partial charge in [-0.1, -0.05) is 36.2 Å². The highest BCUT2D eigenvalue weighted by Crippen LogP contribution is 2.33. The number of amides is 1. The molecule has 1 atom stereocenters. The molecule has 1 aliphatic rings. The minimum absolute atomic E-state index is 0.128. The van der Waals surface area contributed by atoms with Crippen molar-refractivity contribution in [1.29, 1.82) is 0 Å². The van der Waals surface area contributed by atoms with Crippen LogP contribution in [0.25, 0.3) is 0 Å². The number of hydrogen-bond donors (Lipinski definition) is 0. The summed E-state index contributed by atoms with van der Waals surface area (Å²) in [6.07, 6.45) is 4.92. The van der Waals surface area contributed by atoms with Gasteiger partial charge in [0.05, 0.1) is 22.0 Å². The zero-order chi connectivity index (χ0) is 17.9. The number of piperidine rings is 1. The third-order valence-corrected chi connectivity index (χ3v) is 6.23. The summed E-state index contributed by atoms with van der Waals surface area (Å²) in [5, 5.41) is 0.378. The summed E-state index contributed by atoms with van der Waals surface area (Å²) in [5.41, 5.74) is 0.227. The molecule has 2 rings (SSSR count). The van der Waals surface area contributed by atoms with Crippen LogP contribution in [-0.4, -0.2) is 44.6 Å². The molecule has 1 heterocycles. The van der Waals surface area contributed by atoms with Crippen LogP contribution in [0, 0.1) is 0 Å². The second-order valence-corrected chi connectivity index (χ2v) is 8.68. The average molecular weight is 393 g/mol. The number of nitrogens with zero attached hydrogens (tertiary/aromatic N) is 2. The molecule has 0 N–H and O–H groups in total. The highest BCUT2D eigenvalue weighted by atomic mass is 35.5. The van der Waals surface area contributed by atoms with Crippen LogP contribution < -0.4 is 4.31 Å². The number of hydrogen-bond acceptors (Lipinski definition) is 3. The van der Waals surface area contributed by atoms with Gasteiger partial charge >= 0.3 is 0 Å². The van der Waals surface area contributed by atoms with Crippen molar-refractivity contribution in [2.75, 3.05) is 23.7 Å². The molecule has 0 aliphatic carbocycles. The Morgan fingerprint density at radius 3 is 2.67 bits per heavy atom. The van der Waals surface area contributed by atoms with Crippen LogP contribution in [0.3, 0.4) is 0 Å². The van der Waals surface area contributed by atoms with Gasteiger partial charge in [-0.15, -0.1) is 0 Å². The number of likely N-dealkylation sites (tertiary alicyclic amines) is 1. The fraction of sp³-hybridized carbons (Fsp3) is 0.562. The SMILES string of the molecule is CCC1CCCCN1C(=O)CN(c1cccc(Cl)c1Cl)S(C)(=O)=O. The van der Waals surface area contributed by atoms with Gasteiger partial charge in [-0.05, 0) is 37.8 Å². The molecule has 8 heteroatoms. The van der Waals surface area contributed by atoms with Gasteiger partial charge in [0.25, 0.3) is 0 Å². The maximum absolute atomic E-state index is 12.7. The summed E-state index contributed by atoms with van der Waals surface area (Å²) in [7, 11) is -3.67. The van der Waals surface area contributed by atoms with E-state index in [0.717, 1.165) is 36.2 Å². The Balaban J connectivity index is 2.30. The molecule has 134 valence electrons. The molecule has 0 radical (unpaired) electrons. The van der Waals surface area contributed by atoms with Crippen molar-refractivity contribution in [2.45, 2.75) is 38.6 Å². The highest BCUT2D eigenvalue weighted by molar-refractivity contribution is 7.92. The molecule has 0 spiro atoms. The molecular weight excluding hydrogens is 371 g/mol. The molecule has 1 fully saturated rings. The fourth-order valence-corrected chi connectivity index (χ4v) is 4.34. The average Bonchev–Trinajstić information content (AvgIpc) is 2.54. The summed E-state index contributed by atoms with van der Waals surface area (Å²) in [5.74, 6) is -0.206. The van der Waals surface area contributed by atoms with Crippen molar-refractivity contribution >= 4 is 44.8 Å². The Hall–Kier alpha value is -0.980. The maximum atomic E-state index is 12.7. The van der Waals surface area contributed by atoms with Gasteiger partial charge in [0.2, 0.25) is 15.9 Å². The Morgan fingerprint density at radius 1 is 1.33 bits per heavy atom. The molecule has 0 aromatic heterocycles. The first-order valence-electron chi connectivity index (χ1n) is 7.97. The minimum atomic E-state index is -3.67. The molecule has 0 saturated carbocycles.